The van der Waals surface area contributed by atoms with Gasteiger partial charge in [-0.05, 0) is 84.0 Å². The highest BCUT2D eigenvalue weighted by molar-refractivity contribution is 5.08. The summed E-state index contributed by atoms with van der Waals surface area (Å²) >= 11 is 0. The molecular formula is C37H75NO2. The van der Waals surface area contributed by atoms with E-state index in [9.17, 15) is 0 Å². The SMILES string of the molecule is CC(C)(C)C1(C(C)(C)C)CCCCO1.CC(C)(C)C1(C(C)(C)C)CCCN1.CC(C)(C)C1(C(C)(C)C)CCCO1. The first-order chi connectivity index (χ1) is 17.6. The molecule has 3 fully saturated rings. The molecule has 0 amide bonds. The third kappa shape index (κ3) is 7.68. The minimum Gasteiger partial charge on any atom is -0.374 e. The summed E-state index contributed by atoms with van der Waals surface area (Å²) < 4.78 is 12.3. The first-order valence-electron chi connectivity index (χ1n) is 16.6. The van der Waals surface area contributed by atoms with Gasteiger partial charge in [-0.3, -0.25) is 0 Å². The van der Waals surface area contributed by atoms with Crippen molar-refractivity contribution in [1.82, 2.24) is 5.32 Å². The molecule has 3 saturated heterocycles. The lowest BCUT2D eigenvalue weighted by Gasteiger charge is -2.55. The van der Waals surface area contributed by atoms with E-state index in [1.807, 2.05) is 0 Å². The van der Waals surface area contributed by atoms with Crippen molar-refractivity contribution in [3.63, 3.8) is 0 Å². The average molecular weight is 566 g/mol. The molecule has 0 spiro atoms. The quantitative estimate of drug-likeness (QED) is 0.317. The maximum absolute atomic E-state index is 6.19. The maximum Gasteiger partial charge on any atom is 0.0779 e. The summed E-state index contributed by atoms with van der Waals surface area (Å²) in [6, 6.07) is 0. The Morgan fingerprint density at radius 2 is 0.750 bits per heavy atom. The summed E-state index contributed by atoms with van der Waals surface area (Å²) in [5.74, 6) is 0. The fraction of sp³-hybridized carbons (Fsp3) is 1.00. The Hall–Kier alpha value is -0.120. The van der Waals surface area contributed by atoms with Gasteiger partial charge in [0.05, 0.1) is 11.2 Å². The van der Waals surface area contributed by atoms with E-state index in [2.05, 4.69) is 130 Å². The second-order valence-corrected chi connectivity index (χ2v) is 19.3. The monoisotopic (exact) mass is 566 g/mol. The number of nitrogens with one attached hydrogen (secondary N) is 1. The molecule has 0 aromatic rings. The molecule has 3 heterocycles. The van der Waals surface area contributed by atoms with Gasteiger partial charge < -0.3 is 14.8 Å². The molecule has 3 heteroatoms. The Kier molecular flexibility index (Phi) is 11.8. The van der Waals surface area contributed by atoms with Gasteiger partial charge in [0.25, 0.3) is 0 Å². The van der Waals surface area contributed by atoms with E-state index in [4.69, 9.17) is 9.47 Å². The third-order valence-corrected chi connectivity index (χ3v) is 10.9. The molecular weight excluding hydrogens is 490 g/mol. The molecule has 3 rings (SSSR count). The fourth-order valence-corrected chi connectivity index (χ4v) is 9.20. The highest BCUT2D eigenvalue weighted by atomic mass is 16.5. The summed E-state index contributed by atoms with van der Waals surface area (Å²) in [5.41, 5.74) is 2.07. The van der Waals surface area contributed by atoms with Crippen LogP contribution in [-0.2, 0) is 9.47 Å². The van der Waals surface area contributed by atoms with Crippen LogP contribution in [0.15, 0.2) is 0 Å². The van der Waals surface area contributed by atoms with Crippen LogP contribution in [0, 0.1) is 32.5 Å². The van der Waals surface area contributed by atoms with Gasteiger partial charge in [0.15, 0.2) is 0 Å². The molecule has 40 heavy (non-hydrogen) atoms. The Morgan fingerprint density at radius 1 is 0.400 bits per heavy atom. The molecule has 0 aromatic heterocycles. The van der Waals surface area contributed by atoms with Crippen molar-refractivity contribution < 1.29 is 9.47 Å². The van der Waals surface area contributed by atoms with Gasteiger partial charge in [-0.25, -0.2) is 0 Å². The molecule has 3 nitrogen and oxygen atoms in total. The van der Waals surface area contributed by atoms with E-state index >= 15 is 0 Å². The molecule has 240 valence electrons. The van der Waals surface area contributed by atoms with Crippen molar-refractivity contribution in [3.8, 4) is 0 Å². The smallest absolute Gasteiger partial charge is 0.0779 e. The van der Waals surface area contributed by atoms with Crippen molar-refractivity contribution in [1.29, 1.82) is 0 Å². The summed E-state index contributed by atoms with van der Waals surface area (Å²) in [6.45, 7) is 44.8. The zero-order valence-corrected chi connectivity index (χ0v) is 30.9. The highest BCUT2D eigenvalue weighted by Crippen LogP contribution is 2.53. The lowest BCUT2D eigenvalue weighted by atomic mass is 9.59. The minimum absolute atomic E-state index is 0.0538. The van der Waals surface area contributed by atoms with Gasteiger partial charge in [-0.15, -0.1) is 0 Å². The number of rotatable bonds is 0. The van der Waals surface area contributed by atoms with Gasteiger partial charge in [0, 0.05) is 18.8 Å². The molecule has 0 saturated carbocycles. The van der Waals surface area contributed by atoms with Crippen molar-refractivity contribution in [2.45, 2.75) is 186 Å². The Balaban J connectivity index is 0.000000300. The summed E-state index contributed by atoms with van der Waals surface area (Å²) in [7, 11) is 0. The summed E-state index contributed by atoms with van der Waals surface area (Å²) in [6.07, 6.45) is 8.82. The molecule has 0 atom stereocenters. The van der Waals surface area contributed by atoms with Crippen LogP contribution in [0.2, 0.25) is 0 Å². The predicted octanol–water partition coefficient (Wildman–Crippen LogP) is 10.8. The number of hydrogen-bond acceptors (Lipinski definition) is 3. The molecule has 0 aliphatic carbocycles. The number of ether oxygens (including phenoxy) is 2. The van der Waals surface area contributed by atoms with Gasteiger partial charge in [-0.2, -0.15) is 0 Å². The van der Waals surface area contributed by atoms with Crippen LogP contribution in [0.4, 0.5) is 0 Å². The predicted molar refractivity (Wildman–Crippen MR) is 177 cm³/mol. The van der Waals surface area contributed by atoms with E-state index in [0.29, 0.717) is 16.4 Å². The second-order valence-electron chi connectivity index (χ2n) is 19.3. The fourth-order valence-electron chi connectivity index (χ4n) is 9.20. The summed E-state index contributed by atoms with van der Waals surface area (Å²) in [5, 5.41) is 3.75. The van der Waals surface area contributed by atoms with Gasteiger partial charge in [0.1, 0.15) is 0 Å². The van der Waals surface area contributed by atoms with Crippen LogP contribution in [0.1, 0.15) is 170 Å². The van der Waals surface area contributed by atoms with E-state index in [0.717, 1.165) is 13.2 Å². The maximum atomic E-state index is 6.19. The van der Waals surface area contributed by atoms with E-state index in [1.54, 1.807) is 0 Å². The second kappa shape index (κ2) is 12.5. The van der Waals surface area contributed by atoms with Crippen molar-refractivity contribution in [3.05, 3.63) is 0 Å². The van der Waals surface area contributed by atoms with Crippen LogP contribution in [0.5, 0.6) is 0 Å². The Bertz CT molecular complexity index is 658. The van der Waals surface area contributed by atoms with Crippen LogP contribution in [-0.4, -0.2) is 36.5 Å². The highest BCUT2D eigenvalue weighted by Gasteiger charge is 2.54. The Labute approximate surface area is 253 Å². The normalized spacial score (nSPS) is 23.6. The molecule has 3 aliphatic heterocycles. The van der Waals surface area contributed by atoms with Crippen LogP contribution < -0.4 is 5.32 Å². The minimum atomic E-state index is 0.0538. The lowest BCUT2D eigenvalue weighted by Crippen LogP contribution is -2.59. The third-order valence-electron chi connectivity index (χ3n) is 10.9. The molecule has 1 N–H and O–H groups in total. The molecule has 0 radical (unpaired) electrons. The van der Waals surface area contributed by atoms with E-state index in [-0.39, 0.29) is 32.9 Å². The first kappa shape index (κ1) is 37.9. The molecule has 0 aromatic carbocycles. The van der Waals surface area contributed by atoms with E-state index < -0.39 is 0 Å². The zero-order valence-electron chi connectivity index (χ0n) is 30.9. The molecule has 0 unspecified atom stereocenters. The summed E-state index contributed by atoms with van der Waals surface area (Å²) in [4.78, 5) is 0. The van der Waals surface area contributed by atoms with Crippen LogP contribution in [0.25, 0.3) is 0 Å². The molecule has 0 bridgehead atoms. The van der Waals surface area contributed by atoms with Crippen molar-refractivity contribution in [2.24, 2.45) is 32.5 Å². The average Bonchev–Trinajstić information content (AvgIpc) is 3.43. The van der Waals surface area contributed by atoms with Crippen molar-refractivity contribution >= 4 is 0 Å². The van der Waals surface area contributed by atoms with Crippen LogP contribution >= 0.6 is 0 Å². The van der Waals surface area contributed by atoms with Gasteiger partial charge in [-0.1, -0.05) is 125 Å². The zero-order chi connectivity index (χ0) is 31.7. The van der Waals surface area contributed by atoms with Gasteiger partial charge >= 0.3 is 0 Å². The van der Waals surface area contributed by atoms with Crippen molar-refractivity contribution in [2.75, 3.05) is 19.8 Å². The standard InChI is InChI=1S/C13H26O.C12H25N.C12H24O/c1-11(2,3)13(12(4,5)6)9-7-8-10-14-13;2*1-10(2,3)12(11(4,5)6)8-7-9-13-12/h7-10H2,1-6H3;13H,7-9H2,1-6H3;7-9H2,1-6H3. The Morgan fingerprint density at radius 3 is 0.900 bits per heavy atom. The largest absolute Gasteiger partial charge is 0.374 e. The number of hydrogen-bond donors (Lipinski definition) is 1. The van der Waals surface area contributed by atoms with E-state index in [1.165, 1.54) is 51.5 Å². The lowest BCUT2D eigenvalue weighted by molar-refractivity contribution is -0.202. The topological polar surface area (TPSA) is 30.5 Å². The van der Waals surface area contributed by atoms with Crippen LogP contribution in [0.3, 0.4) is 0 Å². The van der Waals surface area contributed by atoms with Gasteiger partial charge in [0.2, 0.25) is 0 Å². The molecule has 3 aliphatic rings. The first-order valence-corrected chi connectivity index (χ1v) is 16.6.